The monoisotopic (exact) mass is 403 g/mol. The van der Waals surface area contributed by atoms with Crippen molar-refractivity contribution in [3.05, 3.63) is 83.4 Å². The maximum atomic E-state index is 13.8. The average molecular weight is 404 g/mol. The molecule has 1 unspecified atom stereocenters. The Morgan fingerprint density at radius 3 is 2.44 bits per heavy atom. The highest BCUT2D eigenvalue weighted by atomic mass is 35.5. The van der Waals surface area contributed by atoms with Crippen molar-refractivity contribution < 1.29 is 18.1 Å². The highest BCUT2D eigenvalue weighted by molar-refractivity contribution is 7.84. The van der Waals surface area contributed by atoms with E-state index in [1.165, 1.54) is 3.97 Å². The predicted molar refractivity (Wildman–Crippen MR) is 102 cm³/mol. The van der Waals surface area contributed by atoms with Crippen LogP contribution in [0.15, 0.2) is 71.6 Å². The van der Waals surface area contributed by atoms with Gasteiger partial charge in [0.25, 0.3) is 0 Å². The molecule has 0 aliphatic carbocycles. The molecule has 0 bridgehead atoms. The van der Waals surface area contributed by atoms with E-state index in [4.69, 9.17) is 11.6 Å². The van der Waals surface area contributed by atoms with Gasteiger partial charge in [-0.05, 0) is 35.9 Å². The van der Waals surface area contributed by atoms with Crippen LogP contribution in [-0.4, -0.2) is 13.3 Å². The maximum absolute atomic E-state index is 13.8. The zero-order valence-electron chi connectivity index (χ0n) is 13.7. The Morgan fingerprint density at radius 1 is 0.963 bits per heavy atom. The summed E-state index contributed by atoms with van der Waals surface area (Å²) in [6, 6.07) is 17.4. The Morgan fingerprint density at radius 2 is 1.70 bits per heavy atom. The molecule has 0 saturated heterocycles. The Hall–Kier alpha value is -2.70. The third-order valence-electron chi connectivity index (χ3n) is 4.14. The maximum Gasteiger partial charge on any atom is 0.169 e. The fraction of sp³-hybridized carbons (Fsp3) is 0. The van der Waals surface area contributed by atoms with Crippen molar-refractivity contribution >= 4 is 33.5 Å². The summed E-state index contributed by atoms with van der Waals surface area (Å²) in [6.07, 6.45) is 0. The van der Waals surface area contributed by atoms with Crippen molar-refractivity contribution in [1.82, 2.24) is 3.97 Å². The minimum Gasteiger partial charge on any atom is -0.504 e. The molecule has 0 saturated carbocycles. The van der Waals surface area contributed by atoms with Crippen molar-refractivity contribution in [3.63, 3.8) is 0 Å². The first-order valence-corrected chi connectivity index (χ1v) is 9.41. The van der Waals surface area contributed by atoms with Crippen molar-refractivity contribution in [3.8, 4) is 17.0 Å². The van der Waals surface area contributed by atoms with E-state index in [9.17, 15) is 18.1 Å². The molecule has 1 atom stereocenters. The van der Waals surface area contributed by atoms with Gasteiger partial charge in [-0.1, -0.05) is 41.9 Å². The van der Waals surface area contributed by atoms with Crippen molar-refractivity contribution in [2.24, 2.45) is 0 Å². The summed E-state index contributed by atoms with van der Waals surface area (Å²) in [7, 11) is -2.10. The van der Waals surface area contributed by atoms with E-state index < -0.39 is 28.4 Å². The number of hydrogen-bond donors (Lipinski definition) is 1. The number of fused-ring (bicyclic) bond motifs is 1. The number of phenols is 1. The molecule has 0 fully saturated rings. The van der Waals surface area contributed by atoms with Crippen LogP contribution < -0.4 is 0 Å². The van der Waals surface area contributed by atoms with Gasteiger partial charge in [-0.2, -0.15) is 0 Å². The summed E-state index contributed by atoms with van der Waals surface area (Å²) >= 11 is 6.07. The van der Waals surface area contributed by atoms with Gasteiger partial charge in [0, 0.05) is 16.5 Å². The zero-order chi connectivity index (χ0) is 19.1. The quantitative estimate of drug-likeness (QED) is 0.489. The third kappa shape index (κ3) is 3.11. The van der Waals surface area contributed by atoms with E-state index in [1.54, 1.807) is 24.3 Å². The Kier molecular flexibility index (Phi) is 4.45. The number of rotatable bonds is 3. The first-order chi connectivity index (χ1) is 13.0. The first kappa shape index (κ1) is 17.7. The van der Waals surface area contributed by atoms with Crippen LogP contribution in [-0.2, 0) is 11.0 Å². The van der Waals surface area contributed by atoms with Crippen LogP contribution in [0.25, 0.3) is 22.2 Å². The molecule has 27 heavy (non-hydrogen) atoms. The number of benzene rings is 3. The molecule has 0 spiro atoms. The molecule has 0 radical (unpaired) electrons. The minimum atomic E-state index is -2.10. The van der Waals surface area contributed by atoms with E-state index >= 15 is 0 Å². The van der Waals surface area contributed by atoms with Gasteiger partial charge in [-0.15, -0.1) is 0 Å². The number of aromatic hydroxyl groups is 1. The minimum absolute atomic E-state index is 0.350. The topological polar surface area (TPSA) is 42.2 Å². The second-order valence-corrected chi connectivity index (χ2v) is 7.62. The first-order valence-electron chi connectivity index (χ1n) is 7.92. The molecule has 1 aromatic heterocycles. The molecule has 7 heteroatoms. The summed E-state index contributed by atoms with van der Waals surface area (Å²) in [5, 5.41) is 11.2. The van der Waals surface area contributed by atoms with Crippen molar-refractivity contribution in [2.75, 3.05) is 0 Å². The average Bonchev–Trinajstić information content (AvgIpc) is 3.03. The van der Waals surface area contributed by atoms with Crippen LogP contribution in [0.5, 0.6) is 5.75 Å². The summed E-state index contributed by atoms with van der Waals surface area (Å²) in [4.78, 5) is -0.350. The van der Waals surface area contributed by atoms with Gasteiger partial charge < -0.3 is 5.11 Å². The molecule has 4 aromatic rings. The molecule has 0 aliphatic rings. The highest BCUT2D eigenvalue weighted by Gasteiger charge is 2.22. The van der Waals surface area contributed by atoms with Crippen LogP contribution in [0.4, 0.5) is 8.78 Å². The molecule has 136 valence electrons. The number of aromatic nitrogens is 1. The van der Waals surface area contributed by atoms with Gasteiger partial charge in [-0.25, -0.2) is 13.0 Å². The van der Waals surface area contributed by atoms with E-state index in [0.717, 1.165) is 11.6 Å². The lowest BCUT2D eigenvalue weighted by molar-refractivity contribution is 0.413. The van der Waals surface area contributed by atoms with E-state index in [0.29, 0.717) is 27.7 Å². The number of nitrogens with zero attached hydrogens (tertiary/aromatic N) is 1. The normalized spacial score (nSPS) is 12.4. The Balaban J connectivity index is 2.02. The van der Waals surface area contributed by atoms with Crippen LogP contribution in [0.3, 0.4) is 0 Å². The molecule has 1 heterocycles. The van der Waals surface area contributed by atoms with Gasteiger partial charge in [0.15, 0.2) is 22.6 Å². The van der Waals surface area contributed by atoms with Crippen LogP contribution >= 0.6 is 11.6 Å². The summed E-state index contributed by atoms with van der Waals surface area (Å²) in [5.41, 5.74) is 1.88. The van der Waals surface area contributed by atoms with Crippen LogP contribution in [0.1, 0.15) is 0 Å². The van der Waals surface area contributed by atoms with Gasteiger partial charge >= 0.3 is 0 Å². The second kappa shape index (κ2) is 6.79. The molecule has 1 N–H and O–H groups in total. The lowest BCUT2D eigenvalue weighted by Crippen LogP contribution is -2.08. The number of phenolic OH excluding ortho intramolecular Hbond substituents is 1. The van der Waals surface area contributed by atoms with E-state index in [1.807, 2.05) is 30.3 Å². The summed E-state index contributed by atoms with van der Waals surface area (Å²) in [5.74, 6) is -2.93. The predicted octanol–water partition coefficient (Wildman–Crippen LogP) is 5.52. The molecule has 0 aliphatic heterocycles. The van der Waals surface area contributed by atoms with E-state index in [-0.39, 0.29) is 4.90 Å². The smallest absolute Gasteiger partial charge is 0.169 e. The SMILES string of the molecule is O=S(c1cc(F)cc(F)c1O)n1c(-c2ccccc2)cc2cc(Cl)ccc21. The summed E-state index contributed by atoms with van der Waals surface area (Å²) in [6.45, 7) is 0. The van der Waals surface area contributed by atoms with E-state index in [2.05, 4.69) is 0 Å². The zero-order valence-corrected chi connectivity index (χ0v) is 15.3. The van der Waals surface area contributed by atoms with Gasteiger partial charge in [0.1, 0.15) is 10.7 Å². The van der Waals surface area contributed by atoms with Gasteiger partial charge in [-0.3, -0.25) is 3.97 Å². The fourth-order valence-corrected chi connectivity index (χ4v) is 4.46. The Bertz CT molecular complexity index is 1190. The van der Waals surface area contributed by atoms with Crippen molar-refractivity contribution in [2.45, 2.75) is 4.90 Å². The largest absolute Gasteiger partial charge is 0.504 e. The third-order valence-corrected chi connectivity index (χ3v) is 5.78. The molecule has 0 amide bonds. The second-order valence-electron chi connectivity index (χ2n) is 5.88. The fourth-order valence-electron chi connectivity index (χ4n) is 2.92. The molecule has 4 rings (SSSR count). The van der Waals surface area contributed by atoms with Crippen LogP contribution in [0, 0.1) is 11.6 Å². The number of halogens is 3. The molecular formula is C20H12ClF2NO2S. The lowest BCUT2D eigenvalue weighted by atomic mass is 10.1. The Labute approximate surface area is 161 Å². The van der Waals surface area contributed by atoms with Gasteiger partial charge in [0.05, 0.1) is 11.2 Å². The highest BCUT2D eigenvalue weighted by Crippen LogP contribution is 2.34. The van der Waals surface area contributed by atoms with Gasteiger partial charge in [0.2, 0.25) is 0 Å². The molecule has 3 aromatic carbocycles. The molecule has 3 nitrogen and oxygen atoms in total. The van der Waals surface area contributed by atoms with Crippen molar-refractivity contribution in [1.29, 1.82) is 0 Å². The van der Waals surface area contributed by atoms with Crippen LogP contribution in [0.2, 0.25) is 5.02 Å². The number of hydrogen-bond acceptors (Lipinski definition) is 2. The summed E-state index contributed by atoms with van der Waals surface area (Å²) < 4.78 is 42.2. The standard InChI is InChI=1S/C20H12ClF2NO2S/c21-14-6-7-17-13(8-14)9-18(12-4-2-1-3-5-12)24(17)27(26)19-11-15(22)10-16(23)20(19)25/h1-11,25H. The lowest BCUT2D eigenvalue weighted by Gasteiger charge is -2.12. The molecular weight excluding hydrogens is 392 g/mol.